The van der Waals surface area contributed by atoms with Gasteiger partial charge in [0, 0.05) is 17.8 Å². The summed E-state index contributed by atoms with van der Waals surface area (Å²) in [6.45, 7) is 13.3. The van der Waals surface area contributed by atoms with Gasteiger partial charge in [0.05, 0.1) is 5.25 Å². The average molecular weight is 437 g/mol. The van der Waals surface area contributed by atoms with Gasteiger partial charge in [-0.3, -0.25) is 4.79 Å². The highest BCUT2D eigenvalue weighted by atomic mass is 32.2. The van der Waals surface area contributed by atoms with Crippen molar-refractivity contribution in [2.45, 2.75) is 70.8 Å². The molecule has 0 aliphatic carbocycles. The summed E-state index contributed by atoms with van der Waals surface area (Å²) in [5.41, 5.74) is 5.38. The first-order valence-corrected chi connectivity index (χ1v) is 11.8. The van der Waals surface area contributed by atoms with Crippen molar-refractivity contribution in [2.75, 3.05) is 5.32 Å². The third kappa shape index (κ3) is 5.37. The molecule has 0 fully saturated rings. The van der Waals surface area contributed by atoms with E-state index in [1.165, 1.54) is 17.3 Å². The number of anilines is 1. The third-order valence-electron chi connectivity index (χ3n) is 5.27. The van der Waals surface area contributed by atoms with Crippen molar-refractivity contribution < 1.29 is 4.79 Å². The molecule has 1 aromatic heterocycles. The molecule has 0 saturated heterocycles. The quantitative estimate of drug-likeness (QED) is 0.426. The van der Waals surface area contributed by atoms with Crippen molar-refractivity contribution in [3.8, 4) is 11.4 Å². The molecule has 0 aliphatic rings. The monoisotopic (exact) mass is 436 g/mol. The molecule has 5 nitrogen and oxygen atoms in total. The van der Waals surface area contributed by atoms with E-state index < -0.39 is 0 Å². The molecule has 1 amide bonds. The predicted octanol–water partition coefficient (Wildman–Crippen LogP) is 6.21. The maximum atomic E-state index is 13.0. The number of nitrogens with one attached hydrogen (secondary N) is 1. The van der Waals surface area contributed by atoms with Crippen molar-refractivity contribution in [1.82, 2.24) is 14.8 Å². The zero-order chi connectivity index (χ0) is 22.5. The number of thioether (sulfide) groups is 1. The number of aryl methyl sites for hydroxylation is 2. The van der Waals surface area contributed by atoms with Crippen molar-refractivity contribution in [1.29, 1.82) is 0 Å². The highest BCUT2D eigenvalue weighted by Gasteiger charge is 2.22. The lowest BCUT2D eigenvalue weighted by Gasteiger charge is -2.18. The van der Waals surface area contributed by atoms with Crippen LogP contribution >= 0.6 is 11.8 Å². The van der Waals surface area contributed by atoms with Gasteiger partial charge in [-0.1, -0.05) is 74.5 Å². The van der Waals surface area contributed by atoms with Crippen LogP contribution in [0.2, 0.25) is 0 Å². The van der Waals surface area contributed by atoms with Gasteiger partial charge in [0.2, 0.25) is 5.91 Å². The SMILES string of the molecule is CCCn1c(SC(C)C(=O)Nc2c(C)cccc2C(C)C)nnc1-c1cccc(C)c1. The zero-order valence-corrected chi connectivity index (χ0v) is 20.1. The molecule has 3 aromatic rings. The number of benzene rings is 2. The molecule has 1 atom stereocenters. The number of hydrogen-bond acceptors (Lipinski definition) is 4. The number of carbonyl (C=O) groups is 1. The molecular formula is C25H32N4OS. The van der Waals surface area contributed by atoms with Crippen LogP contribution < -0.4 is 5.32 Å². The summed E-state index contributed by atoms with van der Waals surface area (Å²) in [6, 6.07) is 14.4. The van der Waals surface area contributed by atoms with E-state index >= 15 is 0 Å². The van der Waals surface area contributed by atoms with Crippen molar-refractivity contribution in [3.63, 3.8) is 0 Å². The van der Waals surface area contributed by atoms with Crippen LogP contribution in [0.1, 0.15) is 56.7 Å². The molecule has 1 N–H and O–H groups in total. The minimum absolute atomic E-state index is 0.0237. The van der Waals surface area contributed by atoms with Gasteiger partial charge >= 0.3 is 0 Å². The fourth-order valence-electron chi connectivity index (χ4n) is 3.58. The molecule has 1 unspecified atom stereocenters. The summed E-state index contributed by atoms with van der Waals surface area (Å²) >= 11 is 1.45. The Bertz CT molecular complexity index is 1060. The van der Waals surface area contributed by atoms with Crippen LogP contribution in [0.4, 0.5) is 5.69 Å². The third-order valence-corrected chi connectivity index (χ3v) is 6.35. The number of nitrogens with zero attached hydrogens (tertiary/aromatic N) is 3. The molecule has 164 valence electrons. The Labute approximate surface area is 189 Å². The summed E-state index contributed by atoms with van der Waals surface area (Å²) in [6.07, 6.45) is 0.964. The van der Waals surface area contributed by atoms with Crippen LogP contribution in [0.25, 0.3) is 11.4 Å². The average Bonchev–Trinajstić information content (AvgIpc) is 3.11. The molecule has 6 heteroatoms. The van der Waals surface area contributed by atoms with Crippen molar-refractivity contribution in [2.24, 2.45) is 0 Å². The summed E-state index contributed by atoms with van der Waals surface area (Å²) in [5, 5.41) is 12.5. The maximum Gasteiger partial charge on any atom is 0.237 e. The summed E-state index contributed by atoms with van der Waals surface area (Å²) < 4.78 is 2.12. The van der Waals surface area contributed by atoms with E-state index in [4.69, 9.17) is 0 Å². The van der Waals surface area contributed by atoms with E-state index in [9.17, 15) is 4.79 Å². The second kappa shape index (κ2) is 10.1. The molecule has 1 heterocycles. The largest absolute Gasteiger partial charge is 0.325 e. The number of carbonyl (C=O) groups excluding carboxylic acids is 1. The topological polar surface area (TPSA) is 59.8 Å². The maximum absolute atomic E-state index is 13.0. The number of hydrogen-bond donors (Lipinski definition) is 1. The zero-order valence-electron chi connectivity index (χ0n) is 19.3. The Morgan fingerprint density at radius 1 is 1.10 bits per heavy atom. The van der Waals surface area contributed by atoms with Crippen LogP contribution in [-0.2, 0) is 11.3 Å². The van der Waals surface area contributed by atoms with Crippen LogP contribution in [0.15, 0.2) is 47.6 Å². The smallest absolute Gasteiger partial charge is 0.237 e. The van der Waals surface area contributed by atoms with Gasteiger partial charge in [-0.2, -0.15) is 0 Å². The minimum atomic E-state index is -0.301. The van der Waals surface area contributed by atoms with E-state index in [1.54, 1.807) is 0 Å². The van der Waals surface area contributed by atoms with Crippen LogP contribution in [0, 0.1) is 13.8 Å². The number of aromatic nitrogens is 3. The minimum Gasteiger partial charge on any atom is -0.325 e. The van der Waals surface area contributed by atoms with Gasteiger partial charge in [0.25, 0.3) is 0 Å². The van der Waals surface area contributed by atoms with Crippen molar-refractivity contribution >= 4 is 23.4 Å². The Hall–Kier alpha value is -2.60. The first kappa shape index (κ1) is 23.1. The van der Waals surface area contributed by atoms with Gasteiger partial charge in [0.1, 0.15) is 0 Å². The fourth-order valence-corrected chi connectivity index (χ4v) is 4.45. The Kier molecular flexibility index (Phi) is 7.55. The van der Waals surface area contributed by atoms with E-state index in [0.29, 0.717) is 5.92 Å². The highest BCUT2D eigenvalue weighted by molar-refractivity contribution is 8.00. The first-order chi connectivity index (χ1) is 14.8. The summed E-state index contributed by atoms with van der Waals surface area (Å²) in [7, 11) is 0. The Balaban J connectivity index is 1.82. The van der Waals surface area contributed by atoms with E-state index in [0.717, 1.165) is 46.3 Å². The van der Waals surface area contributed by atoms with Crippen LogP contribution in [0.5, 0.6) is 0 Å². The lowest BCUT2D eigenvalue weighted by atomic mass is 9.98. The fraction of sp³-hybridized carbons (Fsp3) is 0.400. The number of amides is 1. The van der Waals surface area contributed by atoms with E-state index in [1.807, 2.05) is 32.0 Å². The lowest BCUT2D eigenvalue weighted by molar-refractivity contribution is -0.115. The molecule has 0 radical (unpaired) electrons. The highest BCUT2D eigenvalue weighted by Crippen LogP contribution is 2.31. The second-order valence-corrected chi connectivity index (χ2v) is 9.58. The van der Waals surface area contributed by atoms with Gasteiger partial charge in [0.15, 0.2) is 11.0 Å². The van der Waals surface area contributed by atoms with E-state index in [-0.39, 0.29) is 11.2 Å². The summed E-state index contributed by atoms with van der Waals surface area (Å²) in [4.78, 5) is 13.0. The number of rotatable bonds is 8. The standard InChI is InChI=1S/C25H32N4OS/c1-7-14-29-23(20-12-8-10-17(4)15-20)27-28-25(29)31-19(6)24(30)26-22-18(5)11-9-13-21(22)16(2)3/h8-13,15-16,19H,7,14H2,1-6H3,(H,26,30). The molecule has 3 rings (SSSR count). The molecule has 0 aliphatic heterocycles. The first-order valence-electron chi connectivity index (χ1n) is 10.9. The second-order valence-electron chi connectivity index (χ2n) is 8.27. The number of para-hydroxylation sites is 1. The molecule has 0 bridgehead atoms. The lowest BCUT2D eigenvalue weighted by Crippen LogP contribution is -2.24. The molecule has 31 heavy (non-hydrogen) atoms. The Morgan fingerprint density at radius 2 is 1.84 bits per heavy atom. The van der Waals surface area contributed by atoms with E-state index in [2.05, 4.69) is 72.0 Å². The van der Waals surface area contributed by atoms with Gasteiger partial charge in [-0.05, 0) is 50.3 Å². The molecule has 2 aromatic carbocycles. The normalized spacial score (nSPS) is 12.2. The Morgan fingerprint density at radius 3 is 2.52 bits per heavy atom. The van der Waals surface area contributed by atoms with Gasteiger partial charge < -0.3 is 9.88 Å². The predicted molar refractivity (Wildman–Crippen MR) is 130 cm³/mol. The van der Waals surface area contributed by atoms with Crippen LogP contribution in [0.3, 0.4) is 0 Å². The van der Waals surface area contributed by atoms with Crippen molar-refractivity contribution in [3.05, 3.63) is 59.2 Å². The van der Waals surface area contributed by atoms with Crippen LogP contribution in [-0.4, -0.2) is 25.9 Å². The summed E-state index contributed by atoms with van der Waals surface area (Å²) in [5.74, 6) is 1.16. The molecular weight excluding hydrogens is 404 g/mol. The molecule has 0 saturated carbocycles. The molecule has 0 spiro atoms. The van der Waals surface area contributed by atoms with Gasteiger partial charge in [-0.15, -0.1) is 10.2 Å². The van der Waals surface area contributed by atoms with Gasteiger partial charge in [-0.25, -0.2) is 0 Å².